The Hall–Kier alpha value is -3.82. The number of hydrogen-bond acceptors (Lipinski definition) is 8. The molecule has 2 aromatic carbocycles. The van der Waals surface area contributed by atoms with E-state index in [2.05, 4.69) is 32.1 Å². The summed E-state index contributed by atoms with van der Waals surface area (Å²) in [5, 5.41) is 5.99. The average Bonchev–Trinajstić information content (AvgIpc) is 2.90. The van der Waals surface area contributed by atoms with Gasteiger partial charge in [-0.05, 0) is 37.3 Å². The number of carbonyl (C=O) groups is 1. The Morgan fingerprint density at radius 1 is 1.23 bits per heavy atom. The van der Waals surface area contributed by atoms with Crippen LogP contribution >= 0.6 is 11.6 Å². The Kier molecular flexibility index (Phi) is 6.50. The number of rotatable bonds is 8. The van der Waals surface area contributed by atoms with Crippen LogP contribution < -0.4 is 25.0 Å². The van der Waals surface area contributed by atoms with Gasteiger partial charge >= 0.3 is 0 Å². The van der Waals surface area contributed by atoms with Crippen molar-refractivity contribution in [2.75, 3.05) is 55.8 Å². The van der Waals surface area contributed by atoms with Crippen LogP contribution in [0.1, 0.15) is 4.11 Å². The summed E-state index contributed by atoms with van der Waals surface area (Å²) < 4.78 is 34.2. The van der Waals surface area contributed by atoms with Gasteiger partial charge in [0.2, 0.25) is 17.7 Å². The zero-order valence-electron chi connectivity index (χ0n) is 22.1. The number of ether oxygens (including phenoxy) is 2. The van der Waals surface area contributed by atoms with Gasteiger partial charge in [0, 0.05) is 53.8 Å². The molecule has 0 atom stereocenters. The predicted molar refractivity (Wildman–Crippen MR) is 138 cm³/mol. The minimum Gasteiger partial charge on any atom is -0.494 e. The third-order valence-electron chi connectivity index (χ3n) is 5.29. The minimum absolute atomic E-state index is 0.124. The zero-order chi connectivity index (χ0) is 27.3. The van der Waals surface area contributed by atoms with E-state index in [0.717, 1.165) is 5.69 Å². The number of amides is 1. The second kappa shape index (κ2) is 11.1. The summed E-state index contributed by atoms with van der Waals surface area (Å²) in [7, 11) is 1.56. The van der Waals surface area contributed by atoms with Gasteiger partial charge in [-0.15, -0.1) is 0 Å². The van der Waals surface area contributed by atoms with Crippen molar-refractivity contribution in [3.8, 4) is 17.4 Å². The molecule has 0 radical (unpaired) electrons. The summed E-state index contributed by atoms with van der Waals surface area (Å²) in [4.78, 5) is 23.8. The first-order valence-corrected chi connectivity index (χ1v) is 11.2. The highest BCUT2D eigenvalue weighted by molar-refractivity contribution is 6.31. The van der Waals surface area contributed by atoms with Gasteiger partial charge in [0.15, 0.2) is 0 Å². The molecule has 35 heavy (non-hydrogen) atoms. The second-order valence-electron chi connectivity index (χ2n) is 7.65. The van der Waals surface area contributed by atoms with E-state index in [9.17, 15) is 4.79 Å². The van der Waals surface area contributed by atoms with Gasteiger partial charge in [0.05, 0.1) is 19.0 Å². The molecule has 1 aliphatic heterocycles. The molecule has 1 fully saturated rings. The molecule has 10 heteroatoms. The van der Waals surface area contributed by atoms with Crippen LogP contribution in [0.5, 0.6) is 17.4 Å². The van der Waals surface area contributed by atoms with Gasteiger partial charge in [-0.1, -0.05) is 24.2 Å². The molecule has 1 amide bonds. The molecule has 1 aliphatic rings. The zero-order valence-corrected chi connectivity index (χ0v) is 19.9. The van der Waals surface area contributed by atoms with E-state index in [1.165, 1.54) is 17.2 Å². The first-order chi connectivity index (χ1) is 18.2. The normalized spacial score (nSPS) is 15.4. The van der Waals surface area contributed by atoms with Crippen molar-refractivity contribution in [3.05, 3.63) is 66.3 Å². The lowest BCUT2D eigenvalue weighted by molar-refractivity contribution is -0.111. The highest BCUT2D eigenvalue weighted by Crippen LogP contribution is 2.34. The largest absolute Gasteiger partial charge is 0.494 e. The Morgan fingerprint density at radius 2 is 2.06 bits per heavy atom. The summed E-state index contributed by atoms with van der Waals surface area (Å²) >= 11 is 6.27. The maximum Gasteiger partial charge on any atom is 0.247 e. The number of methoxy groups -OCH3 is 1. The van der Waals surface area contributed by atoms with Gasteiger partial charge < -0.3 is 29.9 Å². The fourth-order valence-electron chi connectivity index (χ4n) is 3.49. The lowest BCUT2D eigenvalue weighted by Crippen LogP contribution is -2.44. The molecule has 2 N–H and O–H groups in total. The molecule has 0 bridgehead atoms. The quantitative estimate of drug-likeness (QED) is 0.438. The van der Waals surface area contributed by atoms with Crippen LogP contribution in [-0.4, -0.2) is 61.0 Å². The number of anilines is 4. The first-order valence-electron chi connectivity index (χ1n) is 12.3. The molecule has 9 nitrogen and oxygen atoms in total. The van der Waals surface area contributed by atoms with Crippen molar-refractivity contribution < 1.29 is 18.4 Å². The summed E-state index contributed by atoms with van der Waals surface area (Å²) in [6.45, 7) is 3.44. The van der Waals surface area contributed by atoms with Crippen LogP contribution in [-0.2, 0) is 4.79 Å². The SMILES string of the molecule is [2H]C([2H])([2H])N1CCN(c2ccc(Nc3ncc(Cl)c(Oc4cccc(NC(=O)C=C)c4)n3)c(OC)c2)CC1. The van der Waals surface area contributed by atoms with E-state index in [-0.39, 0.29) is 22.8 Å². The number of aromatic nitrogens is 2. The highest BCUT2D eigenvalue weighted by atomic mass is 35.5. The van der Waals surface area contributed by atoms with E-state index < -0.39 is 6.98 Å². The van der Waals surface area contributed by atoms with Gasteiger partial charge in [-0.2, -0.15) is 4.98 Å². The minimum atomic E-state index is -2.08. The standard InChI is InChI=1S/C25H27ClN6O3/c1-4-23(33)28-17-6-5-7-19(14-17)35-24-20(26)16-27-25(30-24)29-21-9-8-18(15-22(21)34-3)32-12-10-31(2)11-13-32/h4-9,14-16H,1,10-13H2,2-3H3,(H,28,33)(H,27,29,30)/i2D3. The Bertz CT molecular complexity index is 1320. The van der Waals surface area contributed by atoms with E-state index in [1.807, 2.05) is 18.2 Å². The van der Waals surface area contributed by atoms with Crippen LogP contribution in [0.25, 0.3) is 0 Å². The highest BCUT2D eigenvalue weighted by Gasteiger charge is 2.17. The van der Waals surface area contributed by atoms with E-state index in [4.69, 9.17) is 25.2 Å². The number of carbonyl (C=O) groups excluding carboxylic acids is 1. The Morgan fingerprint density at radius 3 is 2.80 bits per heavy atom. The van der Waals surface area contributed by atoms with Crippen LogP contribution in [0.15, 0.2) is 61.3 Å². The molecule has 182 valence electrons. The number of nitrogens with zero attached hydrogens (tertiary/aromatic N) is 4. The van der Waals surface area contributed by atoms with Crippen molar-refractivity contribution in [1.29, 1.82) is 0 Å². The molecule has 1 saturated heterocycles. The molecular formula is C25H27ClN6O3. The number of piperazine rings is 1. The van der Waals surface area contributed by atoms with Gasteiger partial charge in [0.25, 0.3) is 0 Å². The van der Waals surface area contributed by atoms with E-state index in [1.54, 1.807) is 31.4 Å². The van der Waals surface area contributed by atoms with Crippen LogP contribution in [0.4, 0.5) is 23.0 Å². The van der Waals surface area contributed by atoms with Crippen molar-refractivity contribution >= 4 is 40.5 Å². The number of halogens is 1. The lowest BCUT2D eigenvalue weighted by Gasteiger charge is -2.34. The third-order valence-corrected chi connectivity index (χ3v) is 5.55. The smallest absolute Gasteiger partial charge is 0.247 e. The first kappa shape index (κ1) is 20.5. The monoisotopic (exact) mass is 497 g/mol. The summed E-state index contributed by atoms with van der Waals surface area (Å²) in [6.07, 6.45) is 2.59. The van der Waals surface area contributed by atoms with Crippen molar-refractivity contribution in [3.63, 3.8) is 0 Å². The Labute approximate surface area is 213 Å². The fourth-order valence-corrected chi connectivity index (χ4v) is 3.62. The van der Waals surface area contributed by atoms with E-state index >= 15 is 0 Å². The number of benzene rings is 2. The van der Waals surface area contributed by atoms with Crippen LogP contribution in [0.3, 0.4) is 0 Å². The van der Waals surface area contributed by atoms with Gasteiger partial charge in [-0.3, -0.25) is 4.79 Å². The maximum atomic E-state index is 11.6. The molecule has 4 rings (SSSR count). The fraction of sp³-hybridized carbons (Fsp3) is 0.240. The summed E-state index contributed by atoms with van der Waals surface area (Å²) in [5.41, 5.74) is 2.07. The molecule has 2 heterocycles. The third kappa shape index (κ3) is 6.20. The molecule has 0 aliphatic carbocycles. The maximum absolute atomic E-state index is 11.6. The van der Waals surface area contributed by atoms with Crippen molar-refractivity contribution in [2.24, 2.45) is 0 Å². The predicted octanol–water partition coefficient (Wildman–Crippen LogP) is 4.55. The summed E-state index contributed by atoms with van der Waals surface area (Å²) in [6, 6.07) is 12.4. The Balaban J connectivity index is 1.47. The topological polar surface area (TPSA) is 91.8 Å². The molecule has 0 saturated carbocycles. The molecule has 3 aromatic rings. The average molecular weight is 498 g/mol. The van der Waals surface area contributed by atoms with Crippen LogP contribution in [0.2, 0.25) is 5.02 Å². The van der Waals surface area contributed by atoms with Gasteiger partial charge in [0.1, 0.15) is 16.5 Å². The summed E-state index contributed by atoms with van der Waals surface area (Å²) in [5.74, 6) is 0.995. The molecular weight excluding hydrogens is 468 g/mol. The lowest BCUT2D eigenvalue weighted by atomic mass is 10.2. The molecule has 0 unspecified atom stereocenters. The number of likely N-dealkylation sites (N-methyl/N-ethyl adjacent to an activating group) is 1. The number of nitrogens with one attached hydrogen (secondary N) is 2. The number of hydrogen-bond donors (Lipinski definition) is 2. The van der Waals surface area contributed by atoms with Gasteiger partial charge in [-0.25, -0.2) is 4.98 Å². The second-order valence-corrected chi connectivity index (χ2v) is 8.06. The molecule has 1 aromatic heterocycles. The van der Waals surface area contributed by atoms with Crippen LogP contribution in [0, 0.1) is 0 Å². The van der Waals surface area contributed by atoms with Crippen molar-refractivity contribution in [2.45, 2.75) is 0 Å². The van der Waals surface area contributed by atoms with Crippen molar-refractivity contribution in [1.82, 2.24) is 14.9 Å². The molecule has 0 spiro atoms. The van der Waals surface area contributed by atoms with E-state index in [0.29, 0.717) is 49.1 Å².